The summed E-state index contributed by atoms with van der Waals surface area (Å²) in [5.41, 5.74) is 4.32. The molecule has 2 aliphatic rings. The Labute approximate surface area is 229 Å². The lowest BCUT2D eigenvalue weighted by Crippen LogP contribution is -2.59. The molecule has 0 spiro atoms. The number of primary amides is 1. The van der Waals surface area contributed by atoms with Crippen molar-refractivity contribution in [1.29, 1.82) is 0 Å². The van der Waals surface area contributed by atoms with E-state index < -0.39 is 72.6 Å². The van der Waals surface area contributed by atoms with Crippen LogP contribution in [0.15, 0.2) is 0 Å². The van der Waals surface area contributed by atoms with Crippen LogP contribution in [0.5, 0.6) is 0 Å². The molecular formula is C27H44F2N4O6. The summed E-state index contributed by atoms with van der Waals surface area (Å²) in [6, 6.07) is -3.45. The third-order valence-electron chi connectivity index (χ3n) is 7.46. The van der Waals surface area contributed by atoms with Gasteiger partial charge in [0, 0.05) is 13.0 Å². The first-order valence-corrected chi connectivity index (χ1v) is 13.8. The Balaban J connectivity index is 2.34. The highest BCUT2D eigenvalue weighted by Gasteiger charge is 2.47. The monoisotopic (exact) mass is 558 g/mol. The Morgan fingerprint density at radius 3 is 2.10 bits per heavy atom. The molecule has 4 N–H and O–H groups in total. The maximum absolute atomic E-state index is 14.0. The van der Waals surface area contributed by atoms with Gasteiger partial charge >= 0.3 is 6.09 Å². The number of alkyl carbamates (subject to hydrolysis) is 1. The zero-order valence-electron chi connectivity index (χ0n) is 23.6. The first kappa shape index (κ1) is 32.4. The van der Waals surface area contributed by atoms with Gasteiger partial charge in [0.15, 0.2) is 0 Å². The Hall–Kier alpha value is -2.79. The van der Waals surface area contributed by atoms with Gasteiger partial charge in [-0.1, -0.05) is 33.1 Å². The molecule has 0 bridgehead atoms. The van der Waals surface area contributed by atoms with Crippen molar-refractivity contribution in [2.24, 2.45) is 23.5 Å². The first-order valence-electron chi connectivity index (χ1n) is 13.8. The van der Waals surface area contributed by atoms with Gasteiger partial charge in [0.05, 0.1) is 6.04 Å². The second kappa shape index (κ2) is 14.0. The third kappa shape index (κ3) is 9.42. The van der Waals surface area contributed by atoms with Gasteiger partial charge in [0.1, 0.15) is 17.7 Å². The van der Waals surface area contributed by atoms with Gasteiger partial charge < -0.3 is 26.0 Å². The summed E-state index contributed by atoms with van der Waals surface area (Å²) < 4.78 is 31.1. The molecule has 222 valence electrons. The predicted octanol–water partition coefficient (Wildman–Crippen LogP) is 2.92. The number of hydrogen-bond donors (Lipinski definition) is 3. The van der Waals surface area contributed by atoms with E-state index in [0.29, 0.717) is 6.42 Å². The fourth-order valence-corrected chi connectivity index (χ4v) is 5.55. The zero-order chi connectivity index (χ0) is 29.5. The summed E-state index contributed by atoms with van der Waals surface area (Å²) in [6.07, 6.45) is 0.143. The summed E-state index contributed by atoms with van der Waals surface area (Å²) in [5.74, 6) is -4.12. The van der Waals surface area contributed by atoms with Crippen molar-refractivity contribution in [3.8, 4) is 0 Å². The van der Waals surface area contributed by atoms with Crippen LogP contribution < -0.4 is 16.4 Å². The van der Waals surface area contributed by atoms with E-state index in [1.54, 1.807) is 20.8 Å². The average Bonchev–Trinajstić information content (AvgIpc) is 3.29. The number of halogens is 2. The van der Waals surface area contributed by atoms with Crippen LogP contribution in [-0.2, 0) is 23.9 Å². The van der Waals surface area contributed by atoms with Crippen molar-refractivity contribution in [3.05, 3.63) is 0 Å². The number of alkyl halides is 2. The molecule has 10 nitrogen and oxygen atoms in total. The Kier molecular flexibility index (Phi) is 11.7. The maximum atomic E-state index is 14.0. The number of nitrogens with one attached hydrogen (secondary N) is 2. The van der Waals surface area contributed by atoms with E-state index in [4.69, 9.17) is 10.5 Å². The summed E-state index contributed by atoms with van der Waals surface area (Å²) in [6.45, 7) is 9.20. The molecule has 1 aliphatic carbocycles. The summed E-state index contributed by atoms with van der Waals surface area (Å²) in [5, 5.41) is 5.17. The topological polar surface area (TPSA) is 148 Å². The molecule has 0 radical (unpaired) electrons. The van der Waals surface area contributed by atoms with Crippen LogP contribution in [0, 0.1) is 17.8 Å². The van der Waals surface area contributed by atoms with E-state index in [1.807, 2.05) is 13.8 Å². The molecule has 4 atom stereocenters. The van der Waals surface area contributed by atoms with Crippen molar-refractivity contribution < 1.29 is 37.5 Å². The standard InChI is InChI=1S/C27H44F2N4O6/c1-15(2)17-13-14-33(21(17)24(36)31-18(11-12-19(28)29)22(34)23(30)35)25(37)20(16-9-7-6-8-10-16)32-26(38)39-27(3,4)5/h15-21H,6-14H2,1-5H3,(H2,30,35)(H,31,36)(H,32,38)/t17?,18?,20-,21-/m0/s1. The Morgan fingerprint density at radius 2 is 1.59 bits per heavy atom. The second-order valence-corrected chi connectivity index (χ2v) is 12.0. The van der Waals surface area contributed by atoms with E-state index in [-0.39, 0.29) is 24.3 Å². The zero-order valence-corrected chi connectivity index (χ0v) is 23.6. The molecule has 1 heterocycles. The molecule has 4 amide bonds. The van der Waals surface area contributed by atoms with Gasteiger partial charge in [-0.2, -0.15) is 0 Å². The number of nitrogens with two attached hydrogens (primary N) is 1. The number of carbonyl (C=O) groups excluding carboxylic acids is 5. The summed E-state index contributed by atoms with van der Waals surface area (Å²) >= 11 is 0. The highest BCUT2D eigenvalue weighted by Crippen LogP contribution is 2.34. The second-order valence-electron chi connectivity index (χ2n) is 12.0. The largest absolute Gasteiger partial charge is 0.444 e. The van der Waals surface area contributed by atoms with Gasteiger partial charge in [-0.3, -0.25) is 19.2 Å². The van der Waals surface area contributed by atoms with Crippen molar-refractivity contribution in [3.63, 3.8) is 0 Å². The minimum Gasteiger partial charge on any atom is -0.444 e. The lowest BCUT2D eigenvalue weighted by atomic mass is 9.83. The van der Waals surface area contributed by atoms with Gasteiger partial charge in [-0.15, -0.1) is 0 Å². The van der Waals surface area contributed by atoms with Crippen molar-refractivity contribution in [1.82, 2.24) is 15.5 Å². The molecule has 1 aliphatic heterocycles. The number of rotatable bonds is 11. The highest BCUT2D eigenvalue weighted by molar-refractivity contribution is 6.37. The summed E-state index contributed by atoms with van der Waals surface area (Å²) in [4.78, 5) is 65.5. The number of Topliss-reactive ketones (excluding diaryl/α,β-unsaturated/α-hetero) is 1. The first-order chi connectivity index (χ1) is 18.1. The number of amides is 4. The van der Waals surface area contributed by atoms with Crippen molar-refractivity contribution >= 4 is 29.6 Å². The van der Waals surface area contributed by atoms with Crippen molar-refractivity contribution in [2.45, 2.75) is 116 Å². The van der Waals surface area contributed by atoms with Crippen LogP contribution in [0.25, 0.3) is 0 Å². The van der Waals surface area contributed by atoms with Crippen molar-refractivity contribution in [2.75, 3.05) is 6.54 Å². The molecular weight excluding hydrogens is 514 g/mol. The van der Waals surface area contributed by atoms with Crippen LogP contribution in [0.2, 0.25) is 0 Å². The molecule has 12 heteroatoms. The molecule has 1 saturated heterocycles. The van der Waals surface area contributed by atoms with Crippen LogP contribution in [0.4, 0.5) is 13.6 Å². The molecule has 2 unspecified atom stereocenters. The van der Waals surface area contributed by atoms with Gasteiger partial charge in [-0.25, -0.2) is 13.6 Å². The summed E-state index contributed by atoms with van der Waals surface area (Å²) in [7, 11) is 0. The van der Waals surface area contributed by atoms with Gasteiger partial charge in [0.2, 0.25) is 24.0 Å². The SMILES string of the molecule is CC(C)C1CCN(C(=O)[C@@H](NC(=O)OC(C)(C)C)C2CCCCC2)[C@@H]1C(=O)NC(CCC(F)F)C(=O)C(N)=O. The number of carbonyl (C=O) groups is 5. The highest BCUT2D eigenvalue weighted by atomic mass is 19.3. The van der Waals surface area contributed by atoms with Gasteiger partial charge in [-0.05, 0) is 64.2 Å². The lowest BCUT2D eigenvalue weighted by molar-refractivity contribution is -0.144. The van der Waals surface area contributed by atoms with E-state index in [2.05, 4.69) is 10.6 Å². The Morgan fingerprint density at radius 1 is 0.974 bits per heavy atom. The smallest absolute Gasteiger partial charge is 0.408 e. The number of nitrogens with zero attached hydrogens (tertiary/aromatic N) is 1. The van der Waals surface area contributed by atoms with Gasteiger partial charge in [0.25, 0.3) is 5.91 Å². The lowest BCUT2D eigenvalue weighted by Gasteiger charge is -2.36. The quantitative estimate of drug-likeness (QED) is 0.332. The molecule has 0 aromatic carbocycles. The molecule has 0 aromatic heterocycles. The minimum atomic E-state index is -2.74. The molecule has 0 aromatic rings. The van der Waals surface area contributed by atoms with E-state index in [0.717, 1.165) is 32.1 Å². The third-order valence-corrected chi connectivity index (χ3v) is 7.46. The van der Waals surface area contributed by atoms with Crippen LogP contribution in [0.3, 0.4) is 0 Å². The maximum Gasteiger partial charge on any atom is 0.408 e. The molecule has 2 fully saturated rings. The fraction of sp³-hybridized carbons (Fsp3) is 0.815. The van der Waals surface area contributed by atoms with Crippen LogP contribution in [-0.4, -0.2) is 71.2 Å². The number of ketones is 1. The van der Waals surface area contributed by atoms with E-state index >= 15 is 0 Å². The number of likely N-dealkylation sites (tertiary alicyclic amines) is 1. The molecule has 39 heavy (non-hydrogen) atoms. The normalized spacial score (nSPS) is 21.9. The van der Waals surface area contributed by atoms with Crippen LogP contribution in [0.1, 0.15) is 86.0 Å². The molecule has 2 rings (SSSR count). The number of ether oxygens (including phenoxy) is 1. The fourth-order valence-electron chi connectivity index (χ4n) is 5.55. The Bertz CT molecular complexity index is 901. The average molecular weight is 559 g/mol. The van der Waals surface area contributed by atoms with E-state index in [1.165, 1.54) is 4.90 Å². The number of hydrogen-bond acceptors (Lipinski definition) is 6. The predicted molar refractivity (Wildman–Crippen MR) is 140 cm³/mol. The van der Waals surface area contributed by atoms with Crippen LogP contribution >= 0.6 is 0 Å². The minimum absolute atomic E-state index is 0.0307. The molecule has 1 saturated carbocycles. The van der Waals surface area contributed by atoms with E-state index in [9.17, 15) is 32.8 Å².